The van der Waals surface area contributed by atoms with Crippen molar-refractivity contribution in [3.8, 4) is 11.4 Å². The van der Waals surface area contributed by atoms with Crippen LogP contribution in [0.3, 0.4) is 0 Å². The van der Waals surface area contributed by atoms with Gasteiger partial charge in [0.1, 0.15) is 11.5 Å². The van der Waals surface area contributed by atoms with Crippen LogP contribution in [0.2, 0.25) is 5.02 Å². The van der Waals surface area contributed by atoms with Crippen molar-refractivity contribution < 1.29 is 13.2 Å². The van der Waals surface area contributed by atoms with Gasteiger partial charge in [0.2, 0.25) is 0 Å². The van der Waals surface area contributed by atoms with Gasteiger partial charge < -0.3 is 4.98 Å². The quantitative estimate of drug-likeness (QED) is 0.729. The number of aromatic nitrogens is 5. The molecule has 2 heterocycles. The number of hydrogen-bond donors (Lipinski definition) is 1. The van der Waals surface area contributed by atoms with E-state index in [0.717, 1.165) is 12.1 Å². The smallest absolute Gasteiger partial charge is 0.311 e. The molecule has 10 heteroatoms. The summed E-state index contributed by atoms with van der Waals surface area (Å²) in [6.45, 7) is 5.13. The van der Waals surface area contributed by atoms with E-state index in [2.05, 4.69) is 20.3 Å². The molecule has 2 aromatic heterocycles. The summed E-state index contributed by atoms with van der Waals surface area (Å²) in [5.41, 5.74) is -0.879. The lowest BCUT2D eigenvalue weighted by Gasteiger charge is -2.26. The molecule has 0 amide bonds. The lowest BCUT2D eigenvalue weighted by molar-refractivity contribution is -0.137. The van der Waals surface area contributed by atoms with Crippen LogP contribution in [-0.4, -0.2) is 25.0 Å². The Morgan fingerprint density at radius 2 is 1.85 bits per heavy atom. The van der Waals surface area contributed by atoms with Crippen LogP contribution in [0.15, 0.2) is 35.3 Å². The molecule has 0 aliphatic heterocycles. The number of benzene rings is 1. The minimum Gasteiger partial charge on any atom is -0.311 e. The molecule has 0 aliphatic carbocycles. The van der Waals surface area contributed by atoms with E-state index in [1.807, 2.05) is 0 Å². The van der Waals surface area contributed by atoms with Crippen molar-refractivity contribution in [2.24, 2.45) is 0 Å². The number of aromatic amines is 1. The van der Waals surface area contributed by atoms with Crippen molar-refractivity contribution in [3.63, 3.8) is 0 Å². The SMILES string of the molecule is Cc1nc(-c2cn(C(C)(C)c3ccc(C(F)(F)F)cc3Cl)nn2)cc(=O)[nH]1. The summed E-state index contributed by atoms with van der Waals surface area (Å²) in [5.74, 6) is 0.428. The first-order valence-corrected chi connectivity index (χ1v) is 8.24. The molecule has 0 unspecified atom stereocenters. The van der Waals surface area contributed by atoms with Gasteiger partial charge in [-0.1, -0.05) is 22.9 Å². The highest BCUT2D eigenvalue weighted by molar-refractivity contribution is 6.31. The van der Waals surface area contributed by atoms with E-state index in [-0.39, 0.29) is 10.6 Å². The molecule has 3 aromatic rings. The van der Waals surface area contributed by atoms with Crippen LogP contribution in [-0.2, 0) is 11.7 Å². The van der Waals surface area contributed by atoms with Crippen molar-refractivity contribution in [3.05, 3.63) is 62.8 Å². The Morgan fingerprint density at radius 1 is 1.15 bits per heavy atom. The average Bonchev–Trinajstić information content (AvgIpc) is 3.03. The molecule has 0 saturated carbocycles. The van der Waals surface area contributed by atoms with E-state index in [4.69, 9.17) is 11.6 Å². The number of nitrogens with one attached hydrogen (secondary N) is 1. The Kier molecular flexibility index (Phi) is 4.59. The second-order valence-corrected chi connectivity index (χ2v) is 6.92. The van der Waals surface area contributed by atoms with Crippen LogP contribution >= 0.6 is 11.6 Å². The Bertz CT molecular complexity index is 1060. The Hall–Kier alpha value is -2.68. The largest absolute Gasteiger partial charge is 0.416 e. The van der Waals surface area contributed by atoms with E-state index in [0.29, 0.717) is 22.8 Å². The fourth-order valence-corrected chi connectivity index (χ4v) is 3.09. The number of nitrogens with zero attached hydrogens (tertiary/aromatic N) is 4. The maximum atomic E-state index is 12.9. The summed E-state index contributed by atoms with van der Waals surface area (Å²) in [4.78, 5) is 18.4. The van der Waals surface area contributed by atoms with Gasteiger partial charge in [-0.3, -0.25) is 4.79 Å². The first kappa shape index (κ1) is 19.1. The molecular formula is C17H15ClF3N5O. The van der Waals surface area contributed by atoms with E-state index in [9.17, 15) is 18.0 Å². The molecule has 0 saturated heterocycles. The van der Waals surface area contributed by atoms with Crippen LogP contribution in [0.1, 0.15) is 30.8 Å². The van der Waals surface area contributed by atoms with E-state index >= 15 is 0 Å². The predicted molar refractivity (Wildman–Crippen MR) is 93.5 cm³/mol. The number of alkyl halides is 3. The van der Waals surface area contributed by atoms with Gasteiger partial charge in [0, 0.05) is 11.1 Å². The molecule has 0 fully saturated rings. The van der Waals surface area contributed by atoms with Crippen LogP contribution in [0, 0.1) is 6.92 Å². The minimum absolute atomic E-state index is 0.0306. The van der Waals surface area contributed by atoms with Gasteiger partial charge in [-0.2, -0.15) is 13.2 Å². The van der Waals surface area contributed by atoms with Crippen molar-refractivity contribution in [2.75, 3.05) is 0 Å². The third-order valence-electron chi connectivity index (χ3n) is 4.14. The van der Waals surface area contributed by atoms with Crippen LogP contribution < -0.4 is 5.56 Å². The summed E-state index contributed by atoms with van der Waals surface area (Å²) in [6.07, 6.45) is -2.91. The van der Waals surface area contributed by atoms with Crippen LogP contribution in [0.4, 0.5) is 13.2 Å². The van der Waals surface area contributed by atoms with E-state index in [1.165, 1.54) is 16.8 Å². The number of hydrogen-bond acceptors (Lipinski definition) is 4. The van der Waals surface area contributed by atoms with Gasteiger partial charge in [-0.05, 0) is 38.5 Å². The highest BCUT2D eigenvalue weighted by atomic mass is 35.5. The molecule has 1 N–H and O–H groups in total. The molecule has 142 valence electrons. The van der Waals surface area contributed by atoms with Gasteiger partial charge in [0.05, 0.1) is 23.0 Å². The van der Waals surface area contributed by atoms with Crippen LogP contribution in [0.25, 0.3) is 11.4 Å². The van der Waals surface area contributed by atoms with E-state index < -0.39 is 17.3 Å². The van der Waals surface area contributed by atoms with E-state index in [1.54, 1.807) is 27.0 Å². The summed E-state index contributed by atoms with van der Waals surface area (Å²) >= 11 is 6.12. The second-order valence-electron chi connectivity index (χ2n) is 6.52. The zero-order valence-corrected chi connectivity index (χ0v) is 15.4. The highest BCUT2D eigenvalue weighted by Gasteiger charge is 2.33. The molecule has 3 rings (SSSR count). The van der Waals surface area contributed by atoms with Gasteiger partial charge in [0.25, 0.3) is 5.56 Å². The average molecular weight is 398 g/mol. The summed E-state index contributed by atoms with van der Waals surface area (Å²) < 4.78 is 40.0. The van der Waals surface area contributed by atoms with Gasteiger partial charge in [-0.15, -0.1) is 5.10 Å². The van der Waals surface area contributed by atoms with Gasteiger partial charge in [-0.25, -0.2) is 9.67 Å². The van der Waals surface area contributed by atoms with Crippen molar-refractivity contribution >= 4 is 11.6 Å². The molecule has 27 heavy (non-hydrogen) atoms. The monoisotopic (exact) mass is 397 g/mol. The zero-order valence-electron chi connectivity index (χ0n) is 14.6. The number of aryl methyl sites for hydroxylation is 1. The predicted octanol–water partition coefficient (Wildman–Crippen LogP) is 3.79. The lowest BCUT2D eigenvalue weighted by Crippen LogP contribution is -2.29. The summed E-state index contributed by atoms with van der Waals surface area (Å²) in [6, 6.07) is 4.47. The second kappa shape index (κ2) is 6.49. The molecule has 0 spiro atoms. The molecule has 0 atom stereocenters. The Morgan fingerprint density at radius 3 is 2.44 bits per heavy atom. The zero-order chi connectivity index (χ0) is 20.0. The fourth-order valence-electron chi connectivity index (χ4n) is 2.68. The number of H-pyrrole nitrogens is 1. The Labute approximate surface area is 157 Å². The fraction of sp³-hybridized carbons (Fsp3) is 0.294. The third kappa shape index (κ3) is 3.73. The molecule has 0 radical (unpaired) electrons. The third-order valence-corrected chi connectivity index (χ3v) is 4.46. The highest BCUT2D eigenvalue weighted by Crippen LogP contribution is 2.36. The summed E-state index contributed by atoms with van der Waals surface area (Å²) in [5, 5.41) is 8.04. The normalized spacial score (nSPS) is 12.4. The lowest BCUT2D eigenvalue weighted by atomic mass is 9.93. The molecular weight excluding hydrogens is 383 g/mol. The Balaban J connectivity index is 2.01. The molecule has 0 aliphatic rings. The van der Waals surface area contributed by atoms with Crippen molar-refractivity contribution in [1.82, 2.24) is 25.0 Å². The summed E-state index contributed by atoms with van der Waals surface area (Å²) in [7, 11) is 0. The first-order valence-electron chi connectivity index (χ1n) is 7.87. The first-order chi connectivity index (χ1) is 12.5. The maximum absolute atomic E-state index is 12.9. The topological polar surface area (TPSA) is 76.5 Å². The maximum Gasteiger partial charge on any atom is 0.416 e. The molecule has 0 bridgehead atoms. The van der Waals surface area contributed by atoms with Crippen molar-refractivity contribution in [1.29, 1.82) is 0 Å². The number of rotatable bonds is 3. The molecule has 6 nitrogen and oxygen atoms in total. The molecule has 1 aromatic carbocycles. The van der Waals surface area contributed by atoms with Crippen LogP contribution in [0.5, 0.6) is 0 Å². The van der Waals surface area contributed by atoms with Gasteiger partial charge in [0.15, 0.2) is 0 Å². The standard InChI is InChI=1S/C17H15ClF3N5O/c1-9-22-13(7-15(27)23-9)14-8-26(25-24-14)16(2,3)11-5-4-10(6-12(11)18)17(19,20)21/h4-8H,1-3H3,(H,22,23,27). The number of halogens is 4. The minimum atomic E-state index is -4.48. The van der Waals surface area contributed by atoms with Crippen molar-refractivity contribution in [2.45, 2.75) is 32.5 Å². The van der Waals surface area contributed by atoms with Gasteiger partial charge >= 0.3 is 6.18 Å².